The second-order valence-corrected chi connectivity index (χ2v) is 4.99. The summed E-state index contributed by atoms with van der Waals surface area (Å²) < 4.78 is 0. The summed E-state index contributed by atoms with van der Waals surface area (Å²) in [5.41, 5.74) is 0.746. The van der Waals surface area contributed by atoms with Crippen LogP contribution in [0.25, 0.3) is 0 Å². The molecule has 0 fully saturated rings. The predicted octanol–water partition coefficient (Wildman–Crippen LogP) is 3.52. The molecule has 112 valence electrons. The second-order valence-electron chi connectivity index (χ2n) is 4.99. The summed E-state index contributed by atoms with van der Waals surface area (Å²) >= 11 is 0. The highest BCUT2D eigenvalue weighted by Crippen LogP contribution is 2.24. The van der Waals surface area contributed by atoms with Crippen LogP contribution in [0.3, 0.4) is 0 Å². The lowest BCUT2D eigenvalue weighted by atomic mass is 10.1. The monoisotopic (exact) mass is 279 g/mol. The van der Waals surface area contributed by atoms with Crippen molar-refractivity contribution in [2.24, 2.45) is 0 Å². The van der Waals surface area contributed by atoms with E-state index in [1.54, 1.807) is 12.1 Å². The van der Waals surface area contributed by atoms with Crippen molar-refractivity contribution in [3.05, 3.63) is 34.4 Å². The first-order valence-corrected chi connectivity index (χ1v) is 7.30. The first-order valence-electron chi connectivity index (χ1n) is 7.30. The Morgan fingerprint density at radius 2 is 1.95 bits per heavy atom. The second kappa shape index (κ2) is 8.53. The number of nitro groups is 1. The lowest BCUT2D eigenvalue weighted by Gasteiger charge is -2.20. The normalized spacial score (nSPS) is 12.4. The molecule has 0 spiro atoms. The Kier molecular flexibility index (Phi) is 7.01. The molecular formula is C15H25N3O2. The average molecular weight is 279 g/mol. The van der Waals surface area contributed by atoms with Crippen LogP contribution in [-0.2, 0) is 0 Å². The molecular weight excluding hydrogens is 254 g/mol. The van der Waals surface area contributed by atoms with Crippen LogP contribution in [0.1, 0.15) is 33.6 Å². The third-order valence-electron chi connectivity index (χ3n) is 3.51. The first kappa shape index (κ1) is 16.4. The Hall–Kier alpha value is -1.62. The lowest BCUT2D eigenvalue weighted by Crippen LogP contribution is -2.25. The van der Waals surface area contributed by atoms with Gasteiger partial charge in [0, 0.05) is 12.1 Å². The molecule has 1 aromatic rings. The van der Waals surface area contributed by atoms with E-state index >= 15 is 0 Å². The summed E-state index contributed by atoms with van der Waals surface area (Å²) in [4.78, 5) is 13.0. The Balaban J connectivity index is 2.46. The van der Waals surface area contributed by atoms with Crippen molar-refractivity contribution in [1.29, 1.82) is 0 Å². The van der Waals surface area contributed by atoms with Gasteiger partial charge in [-0.15, -0.1) is 0 Å². The van der Waals surface area contributed by atoms with E-state index < -0.39 is 0 Å². The number of benzene rings is 1. The molecule has 20 heavy (non-hydrogen) atoms. The van der Waals surface area contributed by atoms with E-state index in [9.17, 15) is 10.1 Å². The molecule has 0 unspecified atom stereocenters. The number of nitrogens with zero attached hydrogens (tertiary/aromatic N) is 2. The fourth-order valence-electron chi connectivity index (χ4n) is 2.25. The van der Waals surface area contributed by atoms with E-state index in [0.717, 1.165) is 32.5 Å². The molecule has 0 aromatic heterocycles. The topological polar surface area (TPSA) is 58.4 Å². The van der Waals surface area contributed by atoms with Crippen LogP contribution < -0.4 is 5.32 Å². The van der Waals surface area contributed by atoms with Crippen LogP contribution in [0, 0.1) is 10.1 Å². The highest BCUT2D eigenvalue weighted by molar-refractivity contribution is 5.61. The van der Waals surface area contributed by atoms with E-state index in [1.165, 1.54) is 6.07 Å². The van der Waals surface area contributed by atoms with Gasteiger partial charge in [-0.3, -0.25) is 10.1 Å². The first-order chi connectivity index (χ1) is 9.58. The molecule has 1 atom stereocenters. The maximum atomic E-state index is 10.9. The van der Waals surface area contributed by atoms with Crippen molar-refractivity contribution in [2.75, 3.05) is 25.0 Å². The molecule has 5 nitrogen and oxygen atoms in total. The molecule has 5 heteroatoms. The van der Waals surface area contributed by atoms with Gasteiger partial charge in [0.05, 0.1) is 4.92 Å². The molecule has 0 bridgehead atoms. The SMILES string of the molecule is CCN(CC)CCC[C@H](C)Nc1ccccc1[N+](=O)[O-]. The molecule has 1 rings (SSSR count). The number of rotatable bonds is 9. The standard InChI is InChI=1S/C15H25N3O2/c1-4-17(5-2)12-8-9-13(3)16-14-10-6-7-11-15(14)18(19)20/h6-7,10-11,13,16H,4-5,8-9,12H2,1-3H3/t13-/m0/s1. The summed E-state index contributed by atoms with van der Waals surface area (Å²) in [5, 5.41) is 14.2. The quantitative estimate of drug-likeness (QED) is 0.555. The Bertz CT molecular complexity index is 419. The van der Waals surface area contributed by atoms with Crippen LogP contribution in [0.2, 0.25) is 0 Å². The van der Waals surface area contributed by atoms with E-state index in [4.69, 9.17) is 0 Å². The molecule has 0 saturated heterocycles. The van der Waals surface area contributed by atoms with Crippen LogP contribution in [-0.4, -0.2) is 35.5 Å². The van der Waals surface area contributed by atoms with Crippen LogP contribution >= 0.6 is 0 Å². The van der Waals surface area contributed by atoms with Gasteiger partial charge in [-0.05, 0) is 45.5 Å². The average Bonchev–Trinajstić information content (AvgIpc) is 2.44. The predicted molar refractivity (Wildman–Crippen MR) is 83.2 cm³/mol. The molecule has 0 saturated carbocycles. The van der Waals surface area contributed by atoms with Crippen molar-refractivity contribution < 1.29 is 4.92 Å². The molecule has 0 radical (unpaired) electrons. The third-order valence-corrected chi connectivity index (χ3v) is 3.51. The maximum absolute atomic E-state index is 10.9. The van der Waals surface area contributed by atoms with Crippen molar-refractivity contribution in [1.82, 2.24) is 4.90 Å². The minimum Gasteiger partial charge on any atom is -0.377 e. The van der Waals surface area contributed by atoms with Gasteiger partial charge in [-0.25, -0.2) is 0 Å². The number of nitro benzene ring substituents is 1. The molecule has 0 heterocycles. The maximum Gasteiger partial charge on any atom is 0.292 e. The number of hydrogen-bond donors (Lipinski definition) is 1. The van der Waals surface area contributed by atoms with Gasteiger partial charge in [0.1, 0.15) is 5.69 Å². The van der Waals surface area contributed by atoms with Crippen molar-refractivity contribution in [3.63, 3.8) is 0 Å². The number of hydrogen-bond acceptors (Lipinski definition) is 4. The van der Waals surface area contributed by atoms with Crippen molar-refractivity contribution in [3.8, 4) is 0 Å². The molecule has 0 aliphatic rings. The van der Waals surface area contributed by atoms with Gasteiger partial charge >= 0.3 is 0 Å². The van der Waals surface area contributed by atoms with Gasteiger partial charge in [-0.2, -0.15) is 0 Å². The van der Waals surface area contributed by atoms with Crippen molar-refractivity contribution >= 4 is 11.4 Å². The van der Waals surface area contributed by atoms with E-state index in [-0.39, 0.29) is 16.7 Å². The molecule has 0 aliphatic carbocycles. The number of para-hydroxylation sites is 2. The summed E-state index contributed by atoms with van der Waals surface area (Å²) in [6, 6.07) is 7.03. The highest BCUT2D eigenvalue weighted by Gasteiger charge is 2.14. The molecule has 0 amide bonds. The Morgan fingerprint density at radius 3 is 2.55 bits per heavy atom. The van der Waals surface area contributed by atoms with Gasteiger partial charge in [-0.1, -0.05) is 26.0 Å². The zero-order valence-corrected chi connectivity index (χ0v) is 12.6. The Morgan fingerprint density at radius 1 is 1.30 bits per heavy atom. The minimum atomic E-state index is -0.342. The largest absolute Gasteiger partial charge is 0.377 e. The van der Waals surface area contributed by atoms with E-state index in [2.05, 4.69) is 31.0 Å². The van der Waals surface area contributed by atoms with E-state index in [0.29, 0.717) is 5.69 Å². The fourth-order valence-corrected chi connectivity index (χ4v) is 2.25. The number of anilines is 1. The fraction of sp³-hybridized carbons (Fsp3) is 0.600. The summed E-state index contributed by atoms with van der Waals surface area (Å²) in [5.74, 6) is 0. The lowest BCUT2D eigenvalue weighted by molar-refractivity contribution is -0.384. The van der Waals surface area contributed by atoms with Gasteiger partial charge in [0.25, 0.3) is 5.69 Å². The van der Waals surface area contributed by atoms with Crippen molar-refractivity contribution in [2.45, 2.75) is 39.7 Å². The summed E-state index contributed by atoms with van der Waals surface area (Å²) in [7, 11) is 0. The number of nitrogens with one attached hydrogen (secondary N) is 1. The highest BCUT2D eigenvalue weighted by atomic mass is 16.6. The van der Waals surface area contributed by atoms with Crippen LogP contribution in [0.4, 0.5) is 11.4 Å². The zero-order valence-electron chi connectivity index (χ0n) is 12.6. The van der Waals surface area contributed by atoms with E-state index in [1.807, 2.05) is 6.07 Å². The molecule has 1 aromatic carbocycles. The van der Waals surface area contributed by atoms with Crippen LogP contribution in [0.15, 0.2) is 24.3 Å². The van der Waals surface area contributed by atoms with Gasteiger partial charge in [0.2, 0.25) is 0 Å². The summed E-state index contributed by atoms with van der Waals surface area (Å²) in [6.07, 6.45) is 2.10. The smallest absolute Gasteiger partial charge is 0.292 e. The third kappa shape index (κ3) is 5.17. The van der Waals surface area contributed by atoms with Gasteiger partial charge < -0.3 is 10.2 Å². The molecule has 0 aliphatic heterocycles. The zero-order chi connectivity index (χ0) is 15.0. The van der Waals surface area contributed by atoms with Gasteiger partial charge in [0.15, 0.2) is 0 Å². The molecule has 1 N–H and O–H groups in total. The minimum absolute atomic E-state index is 0.142. The Labute approximate surface area is 121 Å². The van der Waals surface area contributed by atoms with Crippen LogP contribution in [0.5, 0.6) is 0 Å². The summed E-state index contributed by atoms with van der Waals surface area (Å²) in [6.45, 7) is 9.62.